The maximum atomic E-state index is 12.6. The van der Waals surface area contributed by atoms with Gasteiger partial charge in [0.05, 0.1) is 5.69 Å². The predicted octanol–water partition coefficient (Wildman–Crippen LogP) is 4.59. The molecule has 1 aliphatic heterocycles. The third kappa shape index (κ3) is 3.78. The van der Waals surface area contributed by atoms with Crippen molar-refractivity contribution < 1.29 is 14.3 Å². The van der Waals surface area contributed by atoms with Crippen molar-refractivity contribution in [2.45, 2.75) is 0 Å². The molecule has 5 nitrogen and oxygen atoms in total. The molecule has 0 saturated carbocycles. The molecule has 1 aliphatic rings. The van der Waals surface area contributed by atoms with Gasteiger partial charge in [0.15, 0.2) is 6.61 Å². The van der Waals surface area contributed by atoms with Crippen LogP contribution in [0.2, 0.25) is 5.02 Å². The van der Waals surface area contributed by atoms with Crippen LogP contribution >= 0.6 is 11.6 Å². The highest BCUT2D eigenvalue weighted by Gasteiger charge is 2.18. The van der Waals surface area contributed by atoms with E-state index in [0.29, 0.717) is 27.7 Å². The van der Waals surface area contributed by atoms with Crippen LogP contribution in [0.25, 0.3) is 11.1 Å². The summed E-state index contributed by atoms with van der Waals surface area (Å²) in [7, 11) is 0. The Hall–Kier alpha value is -3.31. The van der Waals surface area contributed by atoms with Gasteiger partial charge in [-0.1, -0.05) is 35.9 Å². The fourth-order valence-electron chi connectivity index (χ4n) is 2.87. The molecule has 134 valence electrons. The Bertz CT molecular complexity index is 1050. The molecule has 0 atom stereocenters. The van der Waals surface area contributed by atoms with E-state index in [1.54, 1.807) is 18.2 Å². The van der Waals surface area contributed by atoms with Gasteiger partial charge in [0, 0.05) is 16.3 Å². The highest BCUT2D eigenvalue weighted by atomic mass is 35.5. The monoisotopic (exact) mass is 378 g/mol. The van der Waals surface area contributed by atoms with Crippen LogP contribution in [-0.4, -0.2) is 18.4 Å². The number of fused-ring (bicyclic) bond motifs is 1. The largest absolute Gasteiger partial charge is 0.482 e. The van der Waals surface area contributed by atoms with E-state index in [1.165, 1.54) is 0 Å². The van der Waals surface area contributed by atoms with Crippen molar-refractivity contribution in [2.24, 2.45) is 0 Å². The fourth-order valence-corrected chi connectivity index (χ4v) is 3.06. The number of rotatable bonds is 3. The molecule has 0 saturated heterocycles. The summed E-state index contributed by atoms with van der Waals surface area (Å²) in [5, 5.41) is 6.23. The molecule has 27 heavy (non-hydrogen) atoms. The maximum absolute atomic E-state index is 12.6. The van der Waals surface area contributed by atoms with E-state index in [0.717, 1.165) is 11.1 Å². The summed E-state index contributed by atoms with van der Waals surface area (Å²) in [4.78, 5) is 24.0. The number of benzene rings is 3. The summed E-state index contributed by atoms with van der Waals surface area (Å²) in [6.45, 7) is -0.0190. The Morgan fingerprint density at radius 2 is 1.78 bits per heavy atom. The molecule has 0 radical (unpaired) electrons. The number of amides is 2. The predicted molar refractivity (Wildman–Crippen MR) is 105 cm³/mol. The van der Waals surface area contributed by atoms with Gasteiger partial charge in [0.1, 0.15) is 5.75 Å². The summed E-state index contributed by atoms with van der Waals surface area (Å²) < 4.78 is 5.31. The minimum Gasteiger partial charge on any atom is -0.482 e. The standard InChI is InChI=1S/C21H15ClN2O3/c22-16-5-1-3-13(9-16)14-4-2-6-17(10-14)23-21(26)15-7-8-19-18(11-15)24-20(25)12-27-19/h1-11H,12H2,(H,23,26)(H,24,25). The number of nitrogens with one attached hydrogen (secondary N) is 2. The molecule has 0 spiro atoms. The first-order chi connectivity index (χ1) is 13.1. The molecule has 0 aromatic heterocycles. The van der Waals surface area contributed by atoms with E-state index >= 15 is 0 Å². The van der Waals surface area contributed by atoms with Crippen LogP contribution in [-0.2, 0) is 4.79 Å². The number of ether oxygens (including phenoxy) is 1. The second-order valence-corrected chi connectivity index (χ2v) is 6.53. The zero-order chi connectivity index (χ0) is 18.8. The summed E-state index contributed by atoms with van der Waals surface area (Å²) in [5.41, 5.74) is 3.49. The lowest BCUT2D eigenvalue weighted by molar-refractivity contribution is -0.118. The van der Waals surface area contributed by atoms with Crippen LogP contribution in [0, 0.1) is 0 Å². The smallest absolute Gasteiger partial charge is 0.262 e. The van der Waals surface area contributed by atoms with Crippen molar-refractivity contribution in [3.63, 3.8) is 0 Å². The van der Waals surface area contributed by atoms with E-state index in [4.69, 9.17) is 16.3 Å². The van der Waals surface area contributed by atoms with Gasteiger partial charge in [-0.25, -0.2) is 0 Å². The number of halogens is 1. The van der Waals surface area contributed by atoms with Crippen LogP contribution in [0.5, 0.6) is 5.75 Å². The fraction of sp³-hybridized carbons (Fsp3) is 0.0476. The number of hydrogen-bond acceptors (Lipinski definition) is 3. The van der Waals surface area contributed by atoms with Gasteiger partial charge < -0.3 is 15.4 Å². The minimum atomic E-state index is -0.277. The molecule has 3 aromatic carbocycles. The number of anilines is 2. The molecular formula is C21H15ClN2O3. The lowest BCUT2D eigenvalue weighted by Gasteiger charge is -2.18. The van der Waals surface area contributed by atoms with Crippen molar-refractivity contribution in [2.75, 3.05) is 17.2 Å². The quantitative estimate of drug-likeness (QED) is 0.700. The molecule has 0 bridgehead atoms. The zero-order valence-electron chi connectivity index (χ0n) is 14.2. The maximum Gasteiger partial charge on any atom is 0.262 e. The van der Waals surface area contributed by atoms with Gasteiger partial charge in [0.2, 0.25) is 0 Å². The van der Waals surface area contributed by atoms with E-state index in [1.807, 2.05) is 48.5 Å². The molecule has 6 heteroatoms. The number of hydrogen-bond donors (Lipinski definition) is 2. The molecule has 0 unspecified atom stereocenters. The van der Waals surface area contributed by atoms with Crippen molar-refractivity contribution in [3.8, 4) is 16.9 Å². The first-order valence-corrected chi connectivity index (χ1v) is 8.70. The van der Waals surface area contributed by atoms with Crippen molar-refractivity contribution in [1.29, 1.82) is 0 Å². The van der Waals surface area contributed by atoms with Gasteiger partial charge in [-0.2, -0.15) is 0 Å². The SMILES string of the molecule is O=C1COc2ccc(C(=O)Nc3cccc(-c4cccc(Cl)c4)c3)cc2N1. The lowest BCUT2D eigenvalue weighted by Crippen LogP contribution is -2.25. The zero-order valence-corrected chi connectivity index (χ0v) is 14.9. The van der Waals surface area contributed by atoms with Gasteiger partial charge in [-0.15, -0.1) is 0 Å². The highest BCUT2D eigenvalue weighted by Crippen LogP contribution is 2.29. The summed E-state index contributed by atoms with van der Waals surface area (Å²) in [6.07, 6.45) is 0. The highest BCUT2D eigenvalue weighted by molar-refractivity contribution is 6.30. The van der Waals surface area contributed by atoms with E-state index in [-0.39, 0.29) is 18.4 Å². The van der Waals surface area contributed by atoms with Crippen LogP contribution in [0.3, 0.4) is 0 Å². The number of carbonyl (C=O) groups is 2. The molecule has 4 rings (SSSR count). The van der Waals surface area contributed by atoms with Crippen molar-refractivity contribution in [3.05, 3.63) is 77.3 Å². The Morgan fingerprint density at radius 3 is 2.59 bits per heavy atom. The van der Waals surface area contributed by atoms with Gasteiger partial charge in [-0.3, -0.25) is 9.59 Å². The van der Waals surface area contributed by atoms with Gasteiger partial charge in [-0.05, 0) is 53.6 Å². The second kappa shape index (κ2) is 7.13. The Morgan fingerprint density at radius 1 is 1.00 bits per heavy atom. The Kier molecular flexibility index (Phi) is 4.52. The summed E-state index contributed by atoms with van der Waals surface area (Å²) in [5.74, 6) is 0.0317. The van der Waals surface area contributed by atoms with Crippen LogP contribution in [0.15, 0.2) is 66.7 Å². The molecule has 0 aliphatic carbocycles. The molecular weight excluding hydrogens is 364 g/mol. The molecule has 2 amide bonds. The van der Waals surface area contributed by atoms with E-state index in [9.17, 15) is 9.59 Å². The van der Waals surface area contributed by atoms with Crippen LogP contribution in [0.1, 0.15) is 10.4 Å². The molecule has 0 fully saturated rings. The normalized spacial score (nSPS) is 12.6. The van der Waals surface area contributed by atoms with Gasteiger partial charge >= 0.3 is 0 Å². The van der Waals surface area contributed by atoms with Crippen LogP contribution < -0.4 is 15.4 Å². The molecule has 1 heterocycles. The molecule has 3 aromatic rings. The van der Waals surface area contributed by atoms with Crippen molar-refractivity contribution >= 4 is 34.8 Å². The van der Waals surface area contributed by atoms with E-state index < -0.39 is 0 Å². The second-order valence-electron chi connectivity index (χ2n) is 6.09. The first kappa shape index (κ1) is 17.1. The third-order valence-corrected chi connectivity index (χ3v) is 4.39. The minimum absolute atomic E-state index is 0.0190. The average molecular weight is 379 g/mol. The van der Waals surface area contributed by atoms with Crippen molar-refractivity contribution in [1.82, 2.24) is 0 Å². The average Bonchev–Trinajstić information content (AvgIpc) is 2.67. The van der Waals surface area contributed by atoms with Crippen LogP contribution in [0.4, 0.5) is 11.4 Å². The van der Waals surface area contributed by atoms with Gasteiger partial charge in [0.25, 0.3) is 11.8 Å². The number of carbonyl (C=O) groups excluding carboxylic acids is 2. The first-order valence-electron chi connectivity index (χ1n) is 8.32. The molecule has 2 N–H and O–H groups in total. The summed E-state index contributed by atoms with van der Waals surface area (Å²) in [6, 6.07) is 20.0. The lowest BCUT2D eigenvalue weighted by atomic mass is 10.1. The Balaban J connectivity index is 1.56. The topological polar surface area (TPSA) is 67.4 Å². The third-order valence-electron chi connectivity index (χ3n) is 4.15. The summed E-state index contributed by atoms with van der Waals surface area (Å²) >= 11 is 6.06. The van der Waals surface area contributed by atoms with E-state index in [2.05, 4.69) is 10.6 Å². The Labute approximate surface area is 160 Å².